The van der Waals surface area contributed by atoms with Gasteiger partial charge in [0.25, 0.3) is 0 Å². The second kappa shape index (κ2) is 4.91. The number of rotatable bonds is 5. The molecule has 0 heterocycles. The van der Waals surface area contributed by atoms with E-state index in [9.17, 15) is 0 Å². The predicted molar refractivity (Wildman–Crippen MR) is 87.6 cm³/mol. The Labute approximate surface area is 116 Å². The summed E-state index contributed by atoms with van der Waals surface area (Å²) in [5, 5.41) is 0.903. The Balaban J connectivity index is 2.49. The monoisotopic (exact) mass is 284 g/mol. The van der Waals surface area contributed by atoms with Gasteiger partial charge in [0.15, 0.2) is 8.32 Å². The molecule has 1 rings (SSSR count). The first-order valence-electron chi connectivity index (χ1n) is 7.23. The van der Waals surface area contributed by atoms with Gasteiger partial charge in [-0.05, 0) is 36.0 Å². The molecule has 0 spiro atoms. The zero-order valence-corrected chi connectivity index (χ0v) is 15.7. The maximum Gasteiger partial charge on any atom is 0.192 e. The molecule has 0 aromatic heterocycles. The van der Waals surface area contributed by atoms with Gasteiger partial charge in [0.2, 0.25) is 0 Å². The molecule has 0 aromatic rings. The highest BCUT2D eigenvalue weighted by atomic mass is 28.4. The topological polar surface area (TPSA) is 9.23 Å². The van der Waals surface area contributed by atoms with E-state index >= 15 is 0 Å². The van der Waals surface area contributed by atoms with E-state index in [1.807, 2.05) is 0 Å². The van der Waals surface area contributed by atoms with Crippen LogP contribution in [0.3, 0.4) is 0 Å². The largest absolute Gasteiger partial charge is 0.413 e. The maximum atomic E-state index is 6.20. The molecule has 0 radical (unpaired) electrons. The van der Waals surface area contributed by atoms with Gasteiger partial charge in [-0.25, -0.2) is 0 Å². The molecule has 3 heteroatoms. The maximum absolute atomic E-state index is 6.20. The molecule has 0 aromatic carbocycles. The third kappa shape index (κ3) is 3.58. The second-order valence-corrected chi connectivity index (χ2v) is 18.7. The molecule has 0 aliphatic heterocycles. The van der Waals surface area contributed by atoms with Crippen molar-refractivity contribution in [3.63, 3.8) is 0 Å². The van der Waals surface area contributed by atoms with Crippen molar-refractivity contribution in [1.82, 2.24) is 0 Å². The standard InChI is InChI=1S/C15H32OSi2/c1-14(2,3)18(7,8)16-13-9-10-15(11-12-15)17(4,5)6/h9-10H,11-13H2,1-8H3/b10-9+. The molecule has 0 atom stereocenters. The van der Waals surface area contributed by atoms with Crippen LogP contribution < -0.4 is 0 Å². The zero-order valence-electron chi connectivity index (χ0n) is 13.7. The van der Waals surface area contributed by atoms with Crippen molar-refractivity contribution in [1.29, 1.82) is 0 Å². The van der Waals surface area contributed by atoms with Gasteiger partial charge < -0.3 is 4.43 Å². The van der Waals surface area contributed by atoms with E-state index in [4.69, 9.17) is 4.43 Å². The van der Waals surface area contributed by atoms with Crippen molar-refractivity contribution in [3.05, 3.63) is 12.2 Å². The van der Waals surface area contributed by atoms with Crippen LogP contribution in [0.15, 0.2) is 12.2 Å². The van der Waals surface area contributed by atoms with Gasteiger partial charge in [-0.2, -0.15) is 0 Å². The van der Waals surface area contributed by atoms with Gasteiger partial charge in [0.1, 0.15) is 0 Å². The smallest absolute Gasteiger partial charge is 0.192 e. The highest BCUT2D eigenvalue weighted by Crippen LogP contribution is 2.61. The fourth-order valence-electron chi connectivity index (χ4n) is 2.05. The SMILES string of the molecule is CC(C)(C)[Si](C)(C)OC/C=C/C1([Si](C)(C)C)CC1. The minimum Gasteiger partial charge on any atom is -0.413 e. The molecule has 0 saturated heterocycles. The van der Waals surface area contributed by atoms with Gasteiger partial charge in [-0.1, -0.05) is 52.6 Å². The summed E-state index contributed by atoms with van der Waals surface area (Å²) < 4.78 is 6.20. The molecule has 0 unspecified atom stereocenters. The third-order valence-electron chi connectivity index (χ3n) is 5.07. The van der Waals surface area contributed by atoms with Crippen molar-refractivity contribution < 1.29 is 4.43 Å². The first kappa shape index (κ1) is 16.2. The van der Waals surface area contributed by atoms with Crippen LogP contribution in [-0.4, -0.2) is 23.0 Å². The Bertz CT molecular complexity index is 314. The highest BCUT2D eigenvalue weighted by Gasteiger charge is 2.50. The van der Waals surface area contributed by atoms with E-state index in [0.717, 1.165) is 6.61 Å². The van der Waals surface area contributed by atoms with Crippen LogP contribution in [0.25, 0.3) is 0 Å². The Morgan fingerprint density at radius 3 is 1.89 bits per heavy atom. The lowest BCUT2D eigenvalue weighted by Crippen LogP contribution is -2.40. The lowest BCUT2D eigenvalue weighted by molar-refractivity contribution is 0.327. The third-order valence-corrected chi connectivity index (χ3v) is 13.2. The zero-order chi connectivity index (χ0) is 14.2. The van der Waals surface area contributed by atoms with E-state index in [2.05, 4.69) is 65.7 Å². The van der Waals surface area contributed by atoms with Crippen LogP contribution in [0.4, 0.5) is 0 Å². The fourth-order valence-corrected chi connectivity index (χ4v) is 5.24. The summed E-state index contributed by atoms with van der Waals surface area (Å²) in [6.45, 7) is 19.8. The molecule has 0 N–H and O–H groups in total. The minimum atomic E-state index is -1.57. The number of hydrogen-bond acceptors (Lipinski definition) is 1. The van der Waals surface area contributed by atoms with Gasteiger partial charge in [-0.3, -0.25) is 0 Å². The molecule has 1 aliphatic carbocycles. The fraction of sp³-hybridized carbons (Fsp3) is 0.867. The van der Waals surface area contributed by atoms with E-state index in [0.29, 0.717) is 10.1 Å². The number of hydrogen-bond donors (Lipinski definition) is 0. The normalized spacial score (nSPS) is 20.4. The predicted octanol–water partition coefficient (Wildman–Crippen LogP) is 5.44. The van der Waals surface area contributed by atoms with Crippen molar-refractivity contribution in [2.24, 2.45) is 0 Å². The average molecular weight is 285 g/mol. The summed E-state index contributed by atoms with van der Waals surface area (Å²) in [7, 11) is -2.60. The van der Waals surface area contributed by atoms with Gasteiger partial charge in [0, 0.05) is 0 Å². The summed E-state index contributed by atoms with van der Waals surface area (Å²) in [6, 6.07) is 0. The molecule has 0 bridgehead atoms. The summed E-state index contributed by atoms with van der Waals surface area (Å²) >= 11 is 0. The van der Waals surface area contributed by atoms with Crippen LogP contribution >= 0.6 is 0 Å². The van der Waals surface area contributed by atoms with Crippen LogP contribution in [-0.2, 0) is 4.43 Å². The summed E-state index contributed by atoms with van der Waals surface area (Å²) in [5.41, 5.74) is 0. The van der Waals surface area contributed by atoms with E-state index in [1.165, 1.54) is 12.8 Å². The van der Waals surface area contributed by atoms with Crippen molar-refractivity contribution in [2.45, 2.75) is 76.4 Å². The van der Waals surface area contributed by atoms with Crippen LogP contribution in [0.5, 0.6) is 0 Å². The molecule has 1 fully saturated rings. The van der Waals surface area contributed by atoms with E-state index in [-0.39, 0.29) is 0 Å². The van der Waals surface area contributed by atoms with Crippen LogP contribution in [0.2, 0.25) is 42.8 Å². The molecule has 106 valence electrons. The first-order chi connectivity index (χ1) is 7.91. The lowest BCUT2D eigenvalue weighted by atomic mass is 10.2. The molecule has 18 heavy (non-hydrogen) atoms. The molecular weight excluding hydrogens is 252 g/mol. The number of allylic oxidation sites excluding steroid dienone is 1. The Hall–Kier alpha value is 0.134. The Morgan fingerprint density at radius 1 is 1.06 bits per heavy atom. The Kier molecular flexibility index (Phi) is 4.42. The minimum absolute atomic E-state index is 0.316. The molecule has 1 nitrogen and oxygen atoms in total. The van der Waals surface area contributed by atoms with Crippen LogP contribution in [0, 0.1) is 0 Å². The van der Waals surface area contributed by atoms with Gasteiger partial charge in [-0.15, -0.1) is 0 Å². The van der Waals surface area contributed by atoms with Crippen molar-refractivity contribution >= 4 is 16.4 Å². The molecule has 0 amide bonds. The first-order valence-corrected chi connectivity index (χ1v) is 13.6. The summed E-state index contributed by atoms with van der Waals surface area (Å²) in [4.78, 5) is 0. The van der Waals surface area contributed by atoms with Gasteiger partial charge >= 0.3 is 0 Å². The van der Waals surface area contributed by atoms with E-state index in [1.54, 1.807) is 0 Å². The Morgan fingerprint density at radius 2 is 1.56 bits per heavy atom. The second-order valence-electron chi connectivity index (χ2n) is 8.38. The highest BCUT2D eigenvalue weighted by molar-refractivity contribution is 6.80. The van der Waals surface area contributed by atoms with E-state index < -0.39 is 16.4 Å². The van der Waals surface area contributed by atoms with Crippen molar-refractivity contribution in [2.75, 3.05) is 6.61 Å². The lowest BCUT2D eigenvalue weighted by Gasteiger charge is -2.35. The molecular formula is C15H32OSi2. The van der Waals surface area contributed by atoms with Gasteiger partial charge in [0.05, 0.1) is 14.7 Å². The molecule has 1 saturated carbocycles. The van der Waals surface area contributed by atoms with Crippen LogP contribution in [0.1, 0.15) is 33.6 Å². The molecule has 1 aliphatic rings. The summed E-state index contributed by atoms with van der Waals surface area (Å²) in [5.74, 6) is 0. The average Bonchev–Trinajstić information content (AvgIpc) is 2.90. The van der Waals surface area contributed by atoms with Crippen molar-refractivity contribution in [3.8, 4) is 0 Å². The quantitative estimate of drug-likeness (QED) is 0.483. The summed E-state index contributed by atoms with van der Waals surface area (Å²) in [6.07, 6.45) is 7.58.